The zero-order valence-corrected chi connectivity index (χ0v) is 15.0. The second kappa shape index (κ2) is 8.62. The number of fused-ring (bicyclic) bond motifs is 1. The molecule has 0 aliphatic heterocycles. The van der Waals surface area contributed by atoms with E-state index in [-0.39, 0.29) is 13.2 Å². The largest absolute Gasteiger partial charge is 0.445 e. The summed E-state index contributed by atoms with van der Waals surface area (Å²) in [5.41, 5.74) is 3.16. The lowest BCUT2D eigenvalue weighted by molar-refractivity contribution is 0.0185. The van der Waals surface area contributed by atoms with Gasteiger partial charge >= 0.3 is 6.09 Å². The van der Waals surface area contributed by atoms with E-state index < -0.39 is 18.3 Å². The summed E-state index contributed by atoms with van der Waals surface area (Å²) in [6.45, 7) is 1.93. The summed E-state index contributed by atoms with van der Waals surface area (Å²) in [6.07, 6.45) is -2.95. The molecule has 6 heteroatoms. The Balaban J connectivity index is 1.53. The van der Waals surface area contributed by atoms with Crippen LogP contribution < -0.4 is 5.32 Å². The minimum atomic E-state index is -1.16. The Hall–Kier alpha value is -2.96. The number of benzene rings is 2. The van der Waals surface area contributed by atoms with Crippen molar-refractivity contribution in [3.63, 3.8) is 0 Å². The van der Waals surface area contributed by atoms with E-state index in [9.17, 15) is 15.0 Å². The molecule has 0 radical (unpaired) electrons. The molecular weight excluding hydrogens is 344 g/mol. The number of alkyl carbamates (subject to hydrolysis) is 1. The molecule has 2 unspecified atom stereocenters. The molecule has 140 valence electrons. The monoisotopic (exact) mass is 366 g/mol. The van der Waals surface area contributed by atoms with Gasteiger partial charge in [-0.2, -0.15) is 0 Å². The summed E-state index contributed by atoms with van der Waals surface area (Å²) in [5.74, 6) is 0. The molecule has 0 fully saturated rings. The van der Waals surface area contributed by atoms with Crippen molar-refractivity contribution in [3.8, 4) is 0 Å². The van der Waals surface area contributed by atoms with Gasteiger partial charge in [0, 0.05) is 17.6 Å². The van der Waals surface area contributed by atoms with E-state index in [4.69, 9.17) is 4.74 Å². The predicted octanol–water partition coefficient (Wildman–Crippen LogP) is 2.86. The molecule has 0 saturated carbocycles. The molecule has 0 saturated heterocycles. The summed E-state index contributed by atoms with van der Waals surface area (Å²) in [7, 11) is 0. The van der Waals surface area contributed by atoms with Gasteiger partial charge in [-0.1, -0.05) is 42.5 Å². The molecular formula is C21H22N2O4. The normalized spacial score (nSPS) is 13.1. The minimum absolute atomic E-state index is 0.126. The Kier molecular flexibility index (Phi) is 6.01. The number of nitrogens with one attached hydrogen (secondary N) is 1. The van der Waals surface area contributed by atoms with E-state index in [1.165, 1.54) is 0 Å². The van der Waals surface area contributed by atoms with Crippen LogP contribution in [0.3, 0.4) is 0 Å². The lowest BCUT2D eigenvalue weighted by Gasteiger charge is -2.19. The van der Waals surface area contributed by atoms with Crippen LogP contribution in [0.4, 0.5) is 4.79 Å². The molecule has 2 aromatic carbocycles. The highest BCUT2D eigenvalue weighted by Crippen LogP contribution is 2.22. The zero-order chi connectivity index (χ0) is 19.2. The van der Waals surface area contributed by atoms with Crippen molar-refractivity contribution >= 4 is 17.0 Å². The van der Waals surface area contributed by atoms with Crippen LogP contribution >= 0.6 is 0 Å². The second-order valence-corrected chi connectivity index (χ2v) is 6.36. The summed E-state index contributed by atoms with van der Waals surface area (Å²) in [6, 6.07) is 18.4. The Morgan fingerprint density at radius 1 is 1.11 bits per heavy atom. The third kappa shape index (κ3) is 5.03. The SMILES string of the molecule is Cc1ccc2cc(C(O)C(O)CNC(=O)OCc3ccccc3)ccc2n1. The maximum absolute atomic E-state index is 11.8. The number of aliphatic hydroxyl groups is 2. The number of hydrogen-bond acceptors (Lipinski definition) is 5. The highest BCUT2D eigenvalue weighted by atomic mass is 16.5. The van der Waals surface area contributed by atoms with Gasteiger partial charge in [-0.05, 0) is 36.2 Å². The number of amides is 1. The highest BCUT2D eigenvalue weighted by molar-refractivity contribution is 5.79. The number of pyridine rings is 1. The molecule has 0 aliphatic rings. The van der Waals surface area contributed by atoms with Gasteiger partial charge in [0.25, 0.3) is 0 Å². The molecule has 1 aromatic heterocycles. The van der Waals surface area contributed by atoms with Gasteiger partial charge in [0.2, 0.25) is 0 Å². The predicted molar refractivity (Wildman–Crippen MR) is 102 cm³/mol. The van der Waals surface area contributed by atoms with Gasteiger partial charge in [0.15, 0.2) is 0 Å². The van der Waals surface area contributed by atoms with Crippen LogP contribution in [0.5, 0.6) is 0 Å². The standard InChI is InChI=1S/C21H22N2O4/c1-14-7-8-16-11-17(9-10-18(16)23-14)20(25)19(24)12-22-21(26)27-13-15-5-3-2-4-6-15/h2-11,19-20,24-25H,12-13H2,1H3,(H,22,26). The Morgan fingerprint density at radius 3 is 2.67 bits per heavy atom. The van der Waals surface area contributed by atoms with Crippen molar-refractivity contribution in [1.82, 2.24) is 10.3 Å². The van der Waals surface area contributed by atoms with Crippen molar-refractivity contribution in [2.45, 2.75) is 25.7 Å². The summed E-state index contributed by atoms with van der Waals surface area (Å²) < 4.78 is 5.08. The molecule has 3 rings (SSSR count). The average molecular weight is 366 g/mol. The molecule has 0 spiro atoms. The third-order valence-electron chi connectivity index (χ3n) is 4.23. The Bertz CT molecular complexity index is 914. The quantitative estimate of drug-likeness (QED) is 0.624. The molecule has 0 bridgehead atoms. The molecule has 2 atom stereocenters. The van der Waals surface area contributed by atoms with Crippen molar-refractivity contribution in [2.75, 3.05) is 6.54 Å². The average Bonchev–Trinajstić information content (AvgIpc) is 2.70. The number of hydrogen-bond donors (Lipinski definition) is 3. The van der Waals surface area contributed by atoms with E-state index >= 15 is 0 Å². The fraction of sp³-hybridized carbons (Fsp3) is 0.238. The zero-order valence-electron chi connectivity index (χ0n) is 15.0. The van der Waals surface area contributed by atoms with Crippen molar-refractivity contribution in [2.24, 2.45) is 0 Å². The van der Waals surface area contributed by atoms with Crippen molar-refractivity contribution < 1.29 is 19.7 Å². The van der Waals surface area contributed by atoms with Crippen LogP contribution in [0.25, 0.3) is 10.9 Å². The van der Waals surface area contributed by atoms with Gasteiger partial charge in [-0.3, -0.25) is 4.98 Å². The lowest BCUT2D eigenvalue weighted by atomic mass is 10.0. The number of carbonyl (C=O) groups is 1. The van der Waals surface area contributed by atoms with Gasteiger partial charge in [0.1, 0.15) is 18.8 Å². The van der Waals surface area contributed by atoms with Crippen LogP contribution in [-0.2, 0) is 11.3 Å². The van der Waals surface area contributed by atoms with Crippen LogP contribution in [0.2, 0.25) is 0 Å². The van der Waals surface area contributed by atoms with Gasteiger partial charge in [-0.15, -0.1) is 0 Å². The number of ether oxygens (including phenoxy) is 1. The number of aryl methyl sites for hydroxylation is 1. The summed E-state index contributed by atoms with van der Waals surface area (Å²) >= 11 is 0. The molecule has 27 heavy (non-hydrogen) atoms. The third-order valence-corrected chi connectivity index (χ3v) is 4.23. The Morgan fingerprint density at radius 2 is 1.89 bits per heavy atom. The fourth-order valence-corrected chi connectivity index (χ4v) is 2.73. The van der Waals surface area contributed by atoms with Crippen LogP contribution in [0.1, 0.15) is 22.9 Å². The topological polar surface area (TPSA) is 91.7 Å². The lowest BCUT2D eigenvalue weighted by Crippen LogP contribution is -2.35. The summed E-state index contributed by atoms with van der Waals surface area (Å²) in [4.78, 5) is 16.2. The number of nitrogens with zero attached hydrogens (tertiary/aromatic N) is 1. The smallest absolute Gasteiger partial charge is 0.407 e. The number of carbonyl (C=O) groups excluding carboxylic acids is 1. The first kappa shape index (κ1) is 18.8. The number of aromatic nitrogens is 1. The molecule has 1 heterocycles. The van der Waals surface area contributed by atoms with E-state index in [2.05, 4.69) is 10.3 Å². The maximum atomic E-state index is 11.8. The number of aliphatic hydroxyl groups excluding tert-OH is 2. The number of rotatable bonds is 6. The maximum Gasteiger partial charge on any atom is 0.407 e. The van der Waals surface area contributed by atoms with E-state index in [1.54, 1.807) is 18.2 Å². The van der Waals surface area contributed by atoms with Gasteiger partial charge < -0.3 is 20.3 Å². The van der Waals surface area contributed by atoms with E-state index in [1.807, 2.05) is 49.4 Å². The van der Waals surface area contributed by atoms with Crippen LogP contribution in [-0.4, -0.2) is 33.9 Å². The minimum Gasteiger partial charge on any atom is -0.445 e. The molecule has 3 N–H and O–H groups in total. The molecule has 3 aromatic rings. The van der Waals surface area contributed by atoms with Gasteiger partial charge in [0.05, 0.1) is 5.52 Å². The summed E-state index contributed by atoms with van der Waals surface area (Å²) in [5, 5.41) is 23.9. The molecule has 0 aliphatic carbocycles. The second-order valence-electron chi connectivity index (χ2n) is 6.36. The van der Waals surface area contributed by atoms with Crippen LogP contribution in [0, 0.1) is 6.92 Å². The first-order chi connectivity index (χ1) is 13.0. The first-order valence-electron chi connectivity index (χ1n) is 8.71. The highest BCUT2D eigenvalue weighted by Gasteiger charge is 2.20. The van der Waals surface area contributed by atoms with E-state index in [0.29, 0.717) is 5.56 Å². The molecule has 1 amide bonds. The molecule has 6 nitrogen and oxygen atoms in total. The fourth-order valence-electron chi connectivity index (χ4n) is 2.73. The van der Waals surface area contributed by atoms with Gasteiger partial charge in [-0.25, -0.2) is 4.79 Å². The van der Waals surface area contributed by atoms with Crippen molar-refractivity contribution in [3.05, 3.63) is 77.5 Å². The van der Waals surface area contributed by atoms with Crippen LogP contribution in [0.15, 0.2) is 60.7 Å². The first-order valence-corrected chi connectivity index (χ1v) is 8.71. The van der Waals surface area contributed by atoms with E-state index in [0.717, 1.165) is 22.2 Å². The Labute approximate surface area is 157 Å². The van der Waals surface area contributed by atoms with Crippen molar-refractivity contribution in [1.29, 1.82) is 0 Å².